The predicted octanol–water partition coefficient (Wildman–Crippen LogP) is 3.95. The van der Waals surface area contributed by atoms with E-state index < -0.39 is 11.9 Å². The number of carboxylic acid groups (broad SMARTS) is 2. The first-order valence-corrected chi connectivity index (χ1v) is 11.2. The minimum Gasteiger partial charge on any atom is -0.496 e. The van der Waals surface area contributed by atoms with Gasteiger partial charge in [-0.25, -0.2) is 9.59 Å². The third-order valence-electron chi connectivity index (χ3n) is 5.85. The summed E-state index contributed by atoms with van der Waals surface area (Å²) < 4.78 is 5.30. The van der Waals surface area contributed by atoms with Crippen LogP contribution in [0.15, 0.2) is 60.8 Å². The van der Waals surface area contributed by atoms with Gasteiger partial charge in [0.25, 0.3) is 5.91 Å². The number of para-hydroxylation sites is 1. The number of piperidine rings is 1. The summed E-state index contributed by atoms with van der Waals surface area (Å²) in [5.74, 6) is -1.54. The first-order valence-electron chi connectivity index (χ1n) is 11.2. The third kappa shape index (κ3) is 6.94. The van der Waals surface area contributed by atoms with Crippen LogP contribution in [-0.2, 0) is 9.59 Å². The van der Waals surface area contributed by atoms with Crippen molar-refractivity contribution in [3.05, 3.63) is 71.9 Å². The second-order valence-electron chi connectivity index (χ2n) is 8.25. The Morgan fingerprint density at radius 3 is 2.34 bits per heavy atom. The van der Waals surface area contributed by atoms with Crippen LogP contribution in [0.4, 0.5) is 5.69 Å². The highest BCUT2D eigenvalue weighted by Gasteiger charge is 2.21. The van der Waals surface area contributed by atoms with Crippen molar-refractivity contribution in [2.24, 2.45) is 0 Å². The van der Waals surface area contributed by atoms with E-state index in [2.05, 4.69) is 34.5 Å². The minimum atomic E-state index is -1.26. The van der Waals surface area contributed by atoms with E-state index in [1.165, 1.54) is 23.8 Å². The lowest BCUT2D eigenvalue weighted by Crippen LogP contribution is -2.29. The van der Waals surface area contributed by atoms with Crippen molar-refractivity contribution < 1.29 is 29.3 Å². The van der Waals surface area contributed by atoms with Crippen LogP contribution < -0.4 is 10.1 Å². The van der Waals surface area contributed by atoms with Crippen molar-refractivity contribution in [3.63, 3.8) is 0 Å². The fourth-order valence-electron chi connectivity index (χ4n) is 4.05. The number of rotatable bonds is 6. The molecule has 1 aromatic heterocycles. The van der Waals surface area contributed by atoms with Gasteiger partial charge in [0.1, 0.15) is 5.75 Å². The number of aliphatic carboxylic acids is 2. The number of fused-ring (bicyclic) bond motifs is 1. The Morgan fingerprint density at radius 1 is 1.06 bits per heavy atom. The van der Waals surface area contributed by atoms with Gasteiger partial charge in [-0.3, -0.25) is 4.79 Å². The average Bonchev–Trinajstić information content (AvgIpc) is 3.27. The van der Waals surface area contributed by atoms with Crippen molar-refractivity contribution in [1.82, 2.24) is 9.88 Å². The number of ether oxygens (including phenoxy) is 1. The summed E-state index contributed by atoms with van der Waals surface area (Å²) in [6.07, 6.45) is 5.58. The minimum absolute atomic E-state index is 0.164. The number of carboxylic acids is 2. The van der Waals surface area contributed by atoms with Crippen molar-refractivity contribution in [1.29, 1.82) is 0 Å². The van der Waals surface area contributed by atoms with Crippen molar-refractivity contribution in [2.45, 2.75) is 18.8 Å². The zero-order valence-corrected chi connectivity index (χ0v) is 19.7. The van der Waals surface area contributed by atoms with Gasteiger partial charge in [0.15, 0.2) is 0 Å². The molecule has 2 aromatic carbocycles. The molecule has 0 radical (unpaired) electrons. The smallest absolute Gasteiger partial charge is 0.328 e. The average molecular weight is 480 g/mol. The Morgan fingerprint density at radius 2 is 1.71 bits per heavy atom. The largest absolute Gasteiger partial charge is 0.496 e. The van der Waals surface area contributed by atoms with Crippen molar-refractivity contribution in [2.75, 3.05) is 32.6 Å². The number of methoxy groups -OCH3 is 1. The Kier molecular flexibility index (Phi) is 8.63. The lowest BCUT2D eigenvalue weighted by Gasteiger charge is -2.28. The van der Waals surface area contributed by atoms with E-state index in [1.54, 1.807) is 19.2 Å². The second-order valence-corrected chi connectivity index (χ2v) is 8.25. The topological polar surface area (TPSA) is 132 Å². The molecule has 4 N–H and O–H groups in total. The number of carbonyl (C=O) groups excluding carboxylic acids is 1. The van der Waals surface area contributed by atoms with Gasteiger partial charge in [-0.1, -0.05) is 12.1 Å². The van der Waals surface area contributed by atoms with E-state index in [9.17, 15) is 14.4 Å². The molecule has 1 amide bonds. The molecule has 0 saturated carbocycles. The third-order valence-corrected chi connectivity index (χ3v) is 5.85. The molecule has 184 valence electrons. The van der Waals surface area contributed by atoms with E-state index in [4.69, 9.17) is 14.9 Å². The summed E-state index contributed by atoms with van der Waals surface area (Å²) in [5.41, 5.74) is 3.79. The number of nitrogens with zero attached hydrogens (tertiary/aromatic N) is 1. The van der Waals surface area contributed by atoms with Crippen LogP contribution in [-0.4, -0.2) is 65.2 Å². The molecule has 0 atom stereocenters. The highest BCUT2D eigenvalue weighted by atomic mass is 16.5. The number of aromatic nitrogens is 1. The van der Waals surface area contributed by atoms with Crippen LogP contribution in [0.25, 0.3) is 10.9 Å². The monoisotopic (exact) mass is 479 g/mol. The van der Waals surface area contributed by atoms with Gasteiger partial charge in [-0.2, -0.15) is 0 Å². The molecule has 0 spiro atoms. The van der Waals surface area contributed by atoms with E-state index in [-0.39, 0.29) is 5.91 Å². The Labute approximate surface area is 203 Å². The molecule has 35 heavy (non-hydrogen) atoms. The van der Waals surface area contributed by atoms with Gasteiger partial charge in [-0.15, -0.1) is 0 Å². The molecule has 0 aliphatic carbocycles. The number of hydrogen-bond donors (Lipinski definition) is 4. The van der Waals surface area contributed by atoms with Crippen LogP contribution in [0.3, 0.4) is 0 Å². The van der Waals surface area contributed by atoms with Crippen LogP contribution in [0.5, 0.6) is 5.75 Å². The van der Waals surface area contributed by atoms with Crippen LogP contribution in [0.2, 0.25) is 0 Å². The van der Waals surface area contributed by atoms with E-state index in [1.807, 2.05) is 24.3 Å². The molecule has 4 rings (SSSR count). The normalized spacial score (nSPS) is 14.3. The summed E-state index contributed by atoms with van der Waals surface area (Å²) in [6, 6.07) is 13.3. The molecule has 0 unspecified atom stereocenters. The molecule has 9 nitrogen and oxygen atoms in total. The molecule has 1 saturated heterocycles. The molecular formula is C26H29N3O6. The molecule has 1 fully saturated rings. The summed E-state index contributed by atoms with van der Waals surface area (Å²) in [6.45, 7) is 2.25. The molecule has 0 bridgehead atoms. The Hall–Kier alpha value is -4.11. The van der Waals surface area contributed by atoms with E-state index >= 15 is 0 Å². The molecule has 9 heteroatoms. The maximum Gasteiger partial charge on any atom is 0.328 e. The first kappa shape index (κ1) is 25.5. The number of H-pyrrole nitrogens is 1. The SMILES string of the molecule is COc1ccccc1C(=O)Nc1ccc2[nH]cc(C3CCN(C)CC3)c2c1.O=C(O)/C=C/C(=O)O. The highest BCUT2D eigenvalue weighted by molar-refractivity contribution is 6.07. The zero-order chi connectivity index (χ0) is 25.4. The van der Waals surface area contributed by atoms with Crippen molar-refractivity contribution >= 4 is 34.4 Å². The second kappa shape index (κ2) is 11.8. The molecule has 1 aliphatic rings. The molecule has 1 aliphatic heterocycles. The number of aromatic amines is 1. The maximum absolute atomic E-state index is 12.7. The summed E-state index contributed by atoms with van der Waals surface area (Å²) in [4.78, 5) is 37.6. The zero-order valence-electron chi connectivity index (χ0n) is 19.7. The van der Waals surface area contributed by atoms with Gasteiger partial charge in [0.05, 0.1) is 12.7 Å². The van der Waals surface area contributed by atoms with Gasteiger partial charge in [-0.05, 0) is 74.8 Å². The number of hydrogen-bond acceptors (Lipinski definition) is 5. The molecule has 2 heterocycles. The summed E-state index contributed by atoms with van der Waals surface area (Å²) >= 11 is 0. The summed E-state index contributed by atoms with van der Waals surface area (Å²) in [5, 5.41) is 19.8. The quantitative estimate of drug-likeness (QED) is 0.394. The van der Waals surface area contributed by atoms with Crippen LogP contribution >= 0.6 is 0 Å². The number of likely N-dealkylation sites (tertiary alicyclic amines) is 1. The lowest BCUT2D eigenvalue weighted by molar-refractivity contribution is -0.134. The maximum atomic E-state index is 12.7. The van der Waals surface area contributed by atoms with Crippen LogP contribution in [0.1, 0.15) is 34.7 Å². The fourth-order valence-corrected chi connectivity index (χ4v) is 4.05. The van der Waals surface area contributed by atoms with Gasteiger partial charge in [0, 0.05) is 34.9 Å². The number of benzene rings is 2. The highest BCUT2D eigenvalue weighted by Crippen LogP contribution is 2.34. The van der Waals surface area contributed by atoms with E-state index in [0.29, 0.717) is 29.4 Å². The fraction of sp³-hybridized carbons (Fsp3) is 0.269. The predicted molar refractivity (Wildman–Crippen MR) is 133 cm³/mol. The summed E-state index contributed by atoms with van der Waals surface area (Å²) in [7, 11) is 3.75. The van der Waals surface area contributed by atoms with Crippen molar-refractivity contribution in [3.8, 4) is 5.75 Å². The van der Waals surface area contributed by atoms with E-state index in [0.717, 1.165) is 24.3 Å². The molecular weight excluding hydrogens is 450 g/mol. The lowest BCUT2D eigenvalue weighted by atomic mass is 9.89. The van der Waals surface area contributed by atoms with Gasteiger partial charge >= 0.3 is 11.9 Å². The van der Waals surface area contributed by atoms with Gasteiger partial charge in [0.2, 0.25) is 0 Å². The van der Waals surface area contributed by atoms with Crippen LogP contribution in [0, 0.1) is 0 Å². The number of amides is 1. The molecule has 3 aromatic rings. The standard InChI is InChI=1S/C22H25N3O2.C4H4O4/c1-25-11-9-15(10-12-25)19-14-23-20-8-7-16(13-18(19)20)24-22(26)17-5-3-4-6-21(17)27-2;5-3(6)1-2-4(7)8/h3-8,13-15,23H,9-12H2,1-2H3,(H,24,26);1-2H,(H,5,6)(H,7,8)/b;2-1+. The number of anilines is 1. The Balaban J connectivity index is 0.000000371. The number of carbonyl (C=O) groups is 3. The van der Waals surface area contributed by atoms with Gasteiger partial charge < -0.3 is 30.2 Å². The first-order chi connectivity index (χ1) is 16.8. The number of nitrogens with one attached hydrogen (secondary N) is 2. The Bertz CT molecular complexity index is 1210.